The summed E-state index contributed by atoms with van der Waals surface area (Å²) in [6.07, 6.45) is 2.48. The normalized spacial score (nSPS) is 13.7. The molecule has 1 aromatic rings. The second kappa shape index (κ2) is 9.15. The molecule has 6 nitrogen and oxygen atoms in total. The fourth-order valence-corrected chi connectivity index (χ4v) is 2.70. The minimum atomic E-state index is -0.215. The van der Waals surface area contributed by atoms with E-state index in [-0.39, 0.29) is 11.8 Å². The number of nitrogens with zero attached hydrogens (tertiary/aromatic N) is 1. The van der Waals surface area contributed by atoms with E-state index >= 15 is 0 Å². The van der Waals surface area contributed by atoms with Crippen molar-refractivity contribution in [2.75, 3.05) is 32.8 Å². The van der Waals surface area contributed by atoms with E-state index in [2.05, 4.69) is 5.32 Å². The molecule has 132 valence electrons. The second-order valence-electron chi connectivity index (χ2n) is 5.62. The fourth-order valence-electron chi connectivity index (χ4n) is 2.70. The molecule has 1 aromatic carbocycles. The van der Waals surface area contributed by atoms with Crippen LogP contribution in [0.3, 0.4) is 0 Å². The largest absolute Gasteiger partial charge is 0.490 e. The summed E-state index contributed by atoms with van der Waals surface area (Å²) < 4.78 is 11.0. The third-order valence-corrected chi connectivity index (χ3v) is 3.89. The number of amides is 2. The van der Waals surface area contributed by atoms with Gasteiger partial charge in [-0.05, 0) is 44.9 Å². The zero-order chi connectivity index (χ0) is 17.4. The summed E-state index contributed by atoms with van der Waals surface area (Å²) >= 11 is 0. The van der Waals surface area contributed by atoms with Crippen LogP contribution in [0.1, 0.15) is 43.5 Å². The number of rotatable bonds is 8. The van der Waals surface area contributed by atoms with Crippen molar-refractivity contribution in [3.63, 3.8) is 0 Å². The Kier molecular flexibility index (Phi) is 6.90. The highest BCUT2D eigenvalue weighted by atomic mass is 16.5. The number of nitrogens with one attached hydrogen (secondary N) is 1. The summed E-state index contributed by atoms with van der Waals surface area (Å²) in [4.78, 5) is 26.1. The third kappa shape index (κ3) is 4.88. The van der Waals surface area contributed by atoms with E-state index in [0.717, 1.165) is 25.9 Å². The van der Waals surface area contributed by atoms with Gasteiger partial charge in [-0.1, -0.05) is 0 Å². The molecule has 1 N–H and O–H groups in total. The molecule has 0 unspecified atom stereocenters. The van der Waals surface area contributed by atoms with E-state index in [1.807, 2.05) is 18.7 Å². The monoisotopic (exact) mass is 334 g/mol. The molecule has 6 heteroatoms. The van der Waals surface area contributed by atoms with Gasteiger partial charge in [0.25, 0.3) is 5.91 Å². The molecule has 0 aromatic heterocycles. The van der Waals surface area contributed by atoms with Gasteiger partial charge >= 0.3 is 0 Å². The van der Waals surface area contributed by atoms with Crippen LogP contribution >= 0.6 is 0 Å². The molecule has 1 saturated heterocycles. The lowest BCUT2D eigenvalue weighted by molar-refractivity contribution is -0.129. The maximum absolute atomic E-state index is 12.2. The molecule has 2 amide bonds. The number of hydrogen-bond acceptors (Lipinski definition) is 4. The quantitative estimate of drug-likeness (QED) is 0.791. The average molecular weight is 334 g/mol. The summed E-state index contributed by atoms with van der Waals surface area (Å²) in [5, 5.41) is 2.79. The van der Waals surface area contributed by atoms with Gasteiger partial charge in [0.2, 0.25) is 5.91 Å². The van der Waals surface area contributed by atoms with Crippen molar-refractivity contribution in [2.24, 2.45) is 0 Å². The maximum Gasteiger partial charge on any atom is 0.251 e. The summed E-state index contributed by atoms with van der Waals surface area (Å²) in [5.74, 6) is 1.07. The lowest BCUT2D eigenvalue weighted by Crippen LogP contribution is -2.32. The SMILES string of the molecule is CCOc1ccc(C(=O)NCCC(=O)N2CCCC2)cc1OCC. The zero-order valence-electron chi connectivity index (χ0n) is 14.5. The first-order chi connectivity index (χ1) is 11.7. The highest BCUT2D eigenvalue weighted by Crippen LogP contribution is 2.28. The van der Waals surface area contributed by atoms with E-state index in [1.165, 1.54) is 0 Å². The lowest BCUT2D eigenvalue weighted by Gasteiger charge is -2.15. The number of carbonyl (C=O) groups excluding carboxylic acids is 2. The van der Waals surface area contributed by atoms with E-state index < -0.39 is 0 Å². The summed E-state index contributed by atoms with van der Waals surface area (Å²) in [7, 11) is 0. The van der Waals surface area contributed by atoms with Crippen molar-refractivity contribution >= 4 is 11.8 Å². The van der Waals surface area contributed by atoms with E-state index in [1.54, 1.807) is 18.2 Å². The van der Waals surface area contributed by atoms with Gasteiger partial charge in [-0.2, -0.15) is 0 Å². The Labute approximate surface area is 143 Å². The van der Waals surface area contributed by atoms with Crippen molar-refractivity contribution in [3.8, 4) is 11.5 Å². The molecule has 0 spiro atoms. The Morgan fingerprint density at radius 1 is 1.08 bits per heavy atom. The Morgan fingerprint density at radius 2 is 1.75 bits per heavy atom. The van der Waals surface area contributed by atoms with Crippen LogP contribution in [0.15, 0.2) is 18.2 Å². The minimum Gasteiger partial charge on any atom is -0.490 e. The predicted octanol–water partition coefficient (Wildman–Crippen LogP) is 2.23. The van der Waals surface area contributed by atoms with Crippen molar-refractivity contribution in [2.45, 2.75) is 33.1 Å². The zero-order valence-corrected chi connectivity index (χ0v) is 14.5. The molecule has 1 aliphatic rings. The van der Waals surface area contributed by atoms with Crippen molar-refractivity contribution in [3.05, 3.63) is 23.8 Å². The molecule has 24 heavy (non-hydrogen) atoms. The van der Waals surface area contributed by atoms with Gasteiger partial charge in [0, 0.05) is 31.6 Å². The smallest absolute Gasteiger partial charge is 0.251 e. The molecule has 1 heterocycles. The number of carbonyl (C=O) groups is 2. The van der Waals surface area contributed by atoms with E-state index in [9.17, 15) is 9.59 Å². The van der Waals surface area contributed by atoms with Crippen LogP contribution in [-0.4, -0.2) is 49.6 Å². The first-order valence-corrected chi connectivity index (χ1v) is 8.61. The number of hydrogen-bond donors (Lipinski definition) is 1. The Morgan fingerprint density at radius 3 is 2.42 bits per heavy atom. The van der Waals surface area contributed by atoms with E-state index in [0.29, 0.717) is 43.2 Å². The summed E-state index contributed by atoms with van der Waals surface area (Å²) in [5.41, 5.74) is 0.496. The number of benzene rings is 1. The standard InChI is InChI=1S/C18H26N2O4/c1-3-23-15-8-7-14(13-16(15)24-4-2)18(22)19-10-9-17(21)20-11-5-6-12-20/h7-8,13H,3-6,9-12H2,1-2H3,(H,19,22). The van der Waals surface area contributed by atoms with E-state index in [4.69, 9.17) is 9.47 Å². The van der Waals surface area contributed by atoms with Gasteiger partial charge in [-0.25, -0.2) is 0 Å². The van der Waals surface area contributed by atoms with Gasteiger partial charge < -0.3 is 19.7 Å². The van der Waals surface area contributed by atoms with Gasteiger partial charge in [0.1, 0.15) is 0 Å². The van der Waals surface area contributed by atoms with Crippen LogP contribution in [-0.2, 0) is 4.79 Å². The predicted molar refractivity (Wildman–Crippen MR) is 91.5 cm³/mol. The average Bonchev–Trinajstić information content (AvgIpc) is 3.11. The molecule has 0 saturated carbocycles. The highest BCUT2D eigenvalue weighted by molar-refractivity contribution is 5.95. The molecule has 1 aliphatic heterocycles. The highest BCUT2D eigenvalue weighted by Gasteiger charge is 2.18. The van der Waals surface area contributed by atoms with Gasteiger partial charge in [0.05, 0.1) is 13.2 Å². The minimum absolute atomic E-state index is 0.106. The molecule has 0 aliphatic carbocycles. The lowest BCUT2D eigenvalue weighted by atomic mass is 10.2. The van der Waals surface area contributed by atoms with Crippen molar-refractivity contribution in [1.29, 1.82) is 0 Å². The first-order valence-electron chi connectivity index (χ1n) is 8.61. The van der Waals surface area contributed by atoms with Gasteiger partial charge in [-0.3, -0.25) is 9.59 Å². The topological polar surface area (TPSA) is 67.9 Å². The van der Waals surface area contributed by atoms with Crippen LogP contribution in [0.5, 0.6) is 11.5 Å². The summed E-state index contributed by atoms with van der Waals surface area (Å²) in [6, 6.07) is 5.11. The maximum atomic E-state index is 12.2. The van der Waals surface area contributed by atoms with Crippen LogP contribution in [0.2, 0.25) is 0 Å². The number of ether oxygens (including phenoxy) is 2. The molecule has 0 bridgehead atoms. The molecule has 0 atom stereocenters. The van der Waals surface area contributed by atoms with Crippen molar-refractivity contribution < 1.29 is 19.1 Å². The Balaban J connectivity index is 1.89. The molecule has 0 radical (unpaired) electrons. The molecular weight excluding hydrogens is 308 g/mol. The molecule has 2 rings (SSSR count). The second-order valence-corrected chi connectivity index (χ2v) is 5.62. The van der Waals surface area contributed by atoms with Crippen molar-refractivity contribution in [1.82, 2.24) is 10.2 Å². The first kappa shape index (κ1) is 18.1. The third-order valence-electron chi connectivity index (χ3n) is 3.89. The van der Waals surface area contributed by atoms with Crippen LogP contribution in [0, 0.1) is 0 Å². The van der Waals surface area contributed by atoms with Gasteiger partial charge in [0.15, 0.2) is 11.5 Å². The molecule has 1 fully saturated rings. The van der Waals surface area contributed by atoms with Crippen LogP contribution < -0.4 is 14.8 Å². The Hall–Kier alpha value is -2.24. The Bertz CT molecular complexity index is 568. The number of likely N-dealkylation sites (tertiary alicyclic amines) is 1. The molecular formula is C18H26N2O4. The van der Waals surface area contributed by atoms with Gasteiger partial charge in [-0.15, -0.1) is 0 Å². The van der Waals surface area contributed by atoms with Crippen LogP contribution in [0.4, 0.5) is 0 Å². The van der Waals surface area contributed by atoms with Crippen LogP contribution in [0.25, 0.3) is 0 Å². The fraction of sp³-hybridized carbons (Fsp3) is 0.556. The summed E-state index contributed by atoms with van der Waals surface area (Å²) in [6.45, 7) is 6.82.